The molecule has 0 saturated carbocycles. The van der Waals surface area contributed by atoms with Crippen LogP contribution in [0.3, 0.4) is 0 Å². The number of anilines is 2. The number of thiol groups is 1. The second-order valence-electron chi connectivity index (χ2n) is 5.86. The van der Waals surface area contributed by atoms with E-state index in [1.807, 2.05) is 0 Å². The molecule has 0 aliphatic carbocycles. The Morgan fingerprint density at radius 2 is 1.83 bits per heavy atom. The molecule has 29 heavy (non-hydrogen) atoms. The Labute approximate surface area is 178 Å². The van der Waals surface area contributed by atoms with Crippen LogP contribution in [-0.2, 0) is 0 Å². The molecule has 3 aromatic rings. The summed E-state index contributed by atoms with van der Waals surface area (Å²) in [5, 5.41) is 7.26. The Morgan fingerprint density at radius 1 is 1.10 bits per heavy atom. The van der Waals surface area contributed by atoms with Gasteiger partial charge >= 0.3 is 0 Å². The molecule has 1 aromatic heterocycles. The van der Waals surface area contributed by atoms with E-state index < -0.39 is 28.7 Å². The van der Waals surface area contributed by atoms with Crippen LogP contribution in [0.15, 0.2) is 39.8 Å². The molecule has 0 aliphatic heterocycles. The van der Waals surface area contributed by atoms with Crippen LogP contribution in [0.25, 0.3) is 11.1 Å². The highest BCUT2D eigenvalue weighted by atomic mass is 79.9. The maximum absolute atomic E-state index is 14.8. The normalized spacial score (nSPS) is 10.4. The van der Waals surface area contributed by atoms with Gasteiger partial charge < -0.3 is 16.9 Å². The van der Waals surface area contributed by atoms with Gasteiger partial charge in [0, 0.05) is 39.6 Å². The summed E-state index contributed by atoms with van der Waals surface area (Å²) < 4.78 is 43.3. The Morgan fingerprint density at radius 3 is 2.52 bits per heavy atom. The third kappa shape index (κ3) is 3.95. The first-order valence-corrected chi connectivity index (χ1v) is 9.21. The van der Waals surface area contributed by atoms with Crippen LogP contribution in [0.1, 0.15) is 16.7 Å². The van der Waals surface area contributed by atoms with Crippen molar-refractivity contribution in [3.63, 3.8) is 0 Å². The molecule has 0 bridgehead atoms. The molecule has 3 rings (SSSR count). The number of pyridine rings is 1. The zero-order valence-corrected chi connectivity index (χ0v) is 17.0. The van der Waals surface area contributed by atoms with Crippen LogP contribution < -0.4 is 11.5 Å². The van der Waals surface area contributed by atoms with Gasteiger partial charge in [-0.2, -0.15) is 0 Å². The number of benzene rings is 2. The lowest BCUT2D eigenvalue weighted by Crippen LogP contribution is -2.02. The van der Waals surface area contributed by atoms with E-state index in [1.165, 1.54) is 24.4 Å². The maximum Gasteiger partial charge on any atom is 0.165 e. The number of nitrogens with two attached hydrogens (primary N) is 2. The Bertz CT molecular complexity index is 1220. The van der Waals surface area contributed by atoms with E-state index >= 15 is 0 Å². The predicted octanol–water partition coefficient (Wildman–Crippen LogP) is 4.78. The molecule has 0 fully saturated rings. The second-order valence-corrected chi connectivity index (χ2v) is 7.13. The maximum atomic E-state index is 14.8. The highest BCUT2D eigenvalue weighted by Gasteiger charge is 2.21. The van der Waals surface area contributed by atoms with Gasteiger partial charge in [-0.1, -0.05) is 11.8 Å². The second kappa shape index (κ2) is 8.19. The van der Waals surface area contributed by atoms with Gasteiger partial charge in [-0.15, -0.1) is 12.6 Å². The van der Waals surface area contributed by atoms with E-state index in [2.05, 4.69) is 45.4 Å². The van der Waals surface area contributed by atoms with E-state index in [0.29, 0.717) is 11.1 Å². The number of nitrogens with one attached hydrogen (secondary N) is 1. The van der Waals surface area contributed by atoms with Crippen molar-refractivity contribution in [1.82, 2.24) is 4.98 Å². The first-order chi connectivity index (χ1) is 13.7. The van der Waals surface area contributed by atoms with Crippen molar-refractivity contribution in [3.05, 3.63) is 69.1 Å². The van der Waals surface area contributed by atoms with Crippen LogP contribution in [0.2, 0.25) is 0 Å². The zero-order chi connectivity index (χ0) is 21.3. The minimum Gasteiger partial charge on any atom is -0.396 e. The number of aromatic nitrogens is 1. The molecule has 0 amide bonds. The topological polar surface area (TPSA) is 88.8 Å². The zero-order valence-electron chi connectivity index (χ0n) is 14.5. The third-order valence-electron chi connectivity index (χ3n) is 4.04. The molecule has 0 unspecified atom stereocenters. The van der Waals surface area contributed by atoms with Crippen LogP contribution in [0, 0.1) is 34.7 Å². The number of halogens is 4. The van der Waals surface area contributed by atoms with Crippen molar-refractivity contribution in [2.75, 3.05) is 11.5 Å². The summed E-state index contributed by atoms with van der Waals surface area (Å²) in [6.07, 6.45) is 2.31. The lowest BCUT2D eigenvalue weighted by Gasteiger charge is -2.13. The van der Waals surface area contributed by atoms with Gasteiger partial charge in [0.2, 0.25) is 0 Å². The van der Waals surface area contributed by atoms with Gasteiger partial charge in [0.25, 0.3) is 0 Å². The summed E-state index contributed by atoms with van der Waals surface area (Å²) >= 11 is 7.29. The molecule has 1 heterocycles. The first-order valence-electron chi connectivity index (χ1n) is 7.97. The first kappa shape index (κ1) is 20.8. The molecule has 9 heteroatoms. The van der Waals surface area contributed by atoms with E-state index in [4.69, 9.17) is 16.9 Å². The molecule has 0 saturated heterocycles. The van der Waals surface area contributed by atoms with Gasteiger partial charge in [0.1, 0.15) is 17.5 Å². The smallest absolute Gasteiger partial charge is 0.165 e. The molecule has 0 radical (unpaired) electrons. The van der Waals surface area contributed by atoms with E-state index in [1.54, 1.807) is 0 Å². The van der Waals surface area contributed by atoms with Gasteiger partial charge in [0.15, 0.2) is 5.82 Å². The fraction of sp³-hybridized carbons (Fsp3) is 0. The van der Waals surface area contributed by atoms with Crippen molar-refractivity contribution < 1.29 is 13.2 Å². The quantitative estimate of drug-likeness (QED) is 0.186. The Hall–Kier alpha value is -2.96. The van der Waals surface area contributed by atoms with Crippen molar-refractivity contribution in [1.29, 1.82) is 5.41 Å². The standard InChI is InChI=1S/C20H12BrF3N4S/c21-17-13(22)3-4-15(29)16(17)12-6-14(23)11(18(24)19(12)26)2-1-9-5-10(7-25)20(27)28-8-9/h3-8,25,29H,26H2,(H2,27,28). The molecule has 5 N–H and O–H groups in total. The number of hydrogen-bond donors (Lipinski definition) is 4. The van der Waals surface area contributed by atoms with Gasteiger partial charge in [-0.25, -0.2) is 18.2 Å². The molecule has 0 spiro atoms. The SMILES string of the molecule is N=Cc1cc(C#Cc2c(F)cc(-c3c(S)ccc(F)c3Br)c(N)c2F)cnc1N. The lowest BCUT2D eigenvalue weighted by molar-refractivity contribution is 0.581. The van der Waals surface area contributed by atoms with Gasteiger partial charge in [0.05, 0.1) is 15.7 Å². The van der Waals surface area contributed by atoms with Crippen LogP contribution in [-0.4, -0.2) is 11.2 Å². The summed E-state index contributed by atoms with van der Waals surface area (Å²) in [6.45, 7) is 0. The number of nitrogen functional groups attached to an aromatic ring is 2. The molecule has 2 aromatic carbocycles. The van der Waals surface area contributed by atoms with Crippen molar-refractivity contribution in [2.24, 2.45) is 0 Å². The van der Waals surface area contributed by atoms with Crippen LogP contribution >= 0.6 is 28.6 Å². The lowest BCUT2D eigenvalue weighted by atomic mass is 10.00. The average molecular weight is 477 g/mol. The minimum absolute atomic E-state index is 0.0125. The molecular weight excluding hydrogens is 465 g/mol. The summed E-state index contributed by atoms with van der Waals surface area (Å²) in [5.74, 6) is 2.42. The van der Waals surface area contributed by atoms with Crippen molar-refractivity contribution >= 4 is 46.3 Å². The third-order valence-corrected chi connectivity index (χ3v) is 5.18. The summed E-state index contributed by atoms with van der Waals surface area (Å²) in [7, 11) is 0. The number of nitrogens with zero attached hydrogens (tertiary/aromatic N) is 1. The fourth-order valence-corrected chi connectivity index (χ4v) is 3.58. The summed E-state index contributed by atoms with van der Waals surface area (Å²) in [4.78, 5) is 4.16. The van der Waals surface area contributed by atoms with E-state index in [0.717, 1.165) is 12.3 Å². The van der Waals surface area contributed by atoms with Crippen LogP contribution in [0.4, 0.5) is 24.7 Å². The Kier molecular flexibility index (Phi) is 5.86. The molecule has 4 nitrogen and oxygen atoms in total. The van der Waals surface area contributed by atoms with E-state index in [9.17, 15) is 13.2 Å². The van der Waals surface area contributed by atoms with Gasteiger partial charge in [-0.05, 0) is 40.2 Å². The number of rotatable bonds is 2. The highest BCUT2D eigenvalue weighted by Crippen LogP contribution is 2.40. The fourth-order valence-electron chi connectivity index (χ4n) is 2.56. The van der Waals surface area contributed by atoms with Crippen molar-refractivity contribution in [3.8, 4) is 23.0 Å². The predicted molar refractivity (Wildman–Crippen MR) is 114 cm³/mol. The molecule has 0 atom stereocenters. The van der Waals surface area contributed by atoms with Crippen LogP contribution in [0.5, 0.6) is 0 Å². The average Bonchev–Trinajstić information content (AvgIpc) is 2.69. The van der Waals surface area contributed by atoms with Crippen molar-refractivity contribution in [2.45, 2.75) is 4.90 Å². The summed E-state index contributed by atoms with van der Waals surface area (Å²) in [5.41, 5.74) is 11.2. The minimum atomic E-state index is -1.08. The van der Waals surface area contributed by atoms with Gasteiger partial charge in [-0.3, -0.25) is 0 Å². The summed E-state index contributed by atoms with van der Waals surface area (Å²) in [6, 6.07) is 4.97. The monoisotopic (exact) mass is 476 g/mol. The molecule has 146 valence electrons. The number of hydrogen-bond acceptors (Lipinski definition) is 5. The highest BCUT2D eigenvalue weighted by molar-refractivity contribution is 9.10. The Balaban J connectivity index is 2.13. The van der Waals surface area contributed by atoms with E-state index in [-0.39, 0.29) is 26.3 Å². The molecule has 0 aliphatic rings. The largest absolute Gasteiger partial charge is 0.396 e. The molecular formula is C20H12BrF3N4S.